The van der Waals surface area contributed by atoms with Crippen molar-refractivity contribution >= 4 is 51.8 Å². The van der Waals surface area contributed by atoms with Crippen LogP contribution < -0.4 is 4.90 Å². The number of hydrogen-bond donors (Lipinski definition) is 0. The molecule has 6 rings (SSSR count). The highest BCUT2D eigenvalue weighted by atomic mass is 16.1. The average molecular weight is 726 g/mol. The van der Waals surface area contributed by atoms with Gasteiger partial charge in [-0.1, -0.05) is 36.4 Å². The van der Waals surface area contributed by atoms with Crippen LogP contribution >= 0.6 is 0 Å². The van der Waals surface area contributed by atoms with E-state index in [9.17, 15) is 28.8 Å². The standard InChI is InChI=1S/C48H39NO6/c1-28(50)37-16-38(29(2)51)20-43(19-37)34-10-7-13-46(25-34)49(47-14-8-11-35(26-47)44-21-39(30(3)52)17-40(22-44)31(4)53)48-15-9-12-36(27-48)45-23-41(32(5)54)18-42(24-45)33(6)55/h7-27H,1-6H3. The van der Waals surface area contributed by atoms with Gasteiger partial charge in [-0.2, -0.15) is 0 Å². The molecule has 0 bridgehead atoms. The van der Waals surface area contributed by atoms with Gasteiger partial charge < -0.3 is 4.90 Å². The molecule has 7 heteroatoms. The van der Waals surface area contributed by atoms with Gasteiger partial charge in [-0.25, -0.2) is 0 Å². The van der Waals surface area contributed by atoms with Gasteiger partial charge >= 0.3 is 0 Å². The summed E-state index contributed by atoms with van der Waals surface area (Å²) in [6, 6.07) is 38.8. The fourth-order valence-electron chi connectivity index (χ4n) is 6.52. The van der Waals surface area contributed by atoms with Crippen LogP contribution in [0.2, 0.25) is 0 Å². The molecule has 0 aromatic heterocycles. The highest BCUT2D eigenvalue weighted by Crippen LogP contribution is 2.40. The first-order valence-electron chi connectivity index (χ1n) is 17.8. The molecular formula is C48H39NO6. The highest BCUT2D eigenvalue weighted by Gasteiger charge is 2.18. The molecule has 0 amide bonds. The summed E-state index contributed by atoms with van der Waals surface area (Å²) in [5.74, 6) is -0.921. The lowest BCUT2D eigenvalue weighted by molar-refractivity contribution is 0.0998. The number of carbonyl (C=O) groups is 6. The van der Waals surface area contributed by atoms with E-state index in [0.717, 1.165) is 33.8 Å². The van der Waals surface area contributed by atoms with E-state index in [1.165, 1.54) is 41.5 Å². The molecule has 6 aromatic rings. The molecule has 0 saturated heterocycles. The number of anilines is 3. The Morgan fingerprint density at radius 2 is 0.509 bits per heavy atom. The lowest BCUT2D eigenvalue weighted by atomic mass is 9.95. The molecular weight excluding hydrogens is 687 g/mol. The minimum atomic E-state index is -0.153. The van der Waals surface area contributed by atoms with Gasteiger partial charge in [0.15, 0.2) is 34.7 Å². The molecule has 7 nitrogen and oxygen atoms in total. The van der Waals surface area contributed by atoms with Gasteiger partial charge in [-0.05, 0) is 166 Å². The van der Waals surface area contributed by atoms with Crippen molar-refractivity contribution in [1.29, 1.82) is 0 Å². The van der Waals surface area contributed by atoms with E-state index in [1.807, 2.05) is 72.8 Å². The number of ketones is 6. The fourth-order valence-corrected chi connectivity index (χ4v) is 6.52. The molecule has 0 aliphatic rings. The summed E-state index contributed by atoms with van der Waals surface area (Å²) in [5.41, 5.74) is 9.32. The van der Waals surface area contributed by atoms with Crippen molar-refractivity contribution in [3.63, 3.8) is 0 Å². The van der Waals surface area contributed by atoms with Crippen molar-refractivity contribution in [3.8, 4) is 33.4 Å². The summed E-state index contributed by atoms with van der Waals surface area (Å²) < 4.78 is 0. The third-order valence-electron chi connectivity index (χ3n) is 9.55. The normalized spacial score (nSPS) is 10.8. The predicted octanol–water partition coefficient (Wildman–Crippen LogP) is 11.4. The predicted molar refractivity (Wildman–Crippen MR) is 217 cm³/mol. The molecule has 0 saturated carbocycles. The van der Waals surface area contributed by atoms with E-state index in [2.05, 4.69) is 4.90 Å². The molecule has 0 atom stereocenters. The molecule has 0 fully saturated rings. The van der Waals surface area contributed by atoms with Gasteiger partial charge in [0, 0.05) is 50.4 Å². The largest absolute Gasteiger partial charge is 0.310 e. The summed E-state index contributed by atoms with van der Waals surface area (Å²) >= 11 is 0. The first-order valence-corrected chi connectivity index (χ1v) is 17.8. The summed E-state index contributed by atoms with van der Waals surface area (Å²) in [6.07, 6.45) is 0. The van der Waals surface area contributed by atoms with Crippen molar-refractivity contribution in [2.45, 2.75) is 41.5 Å². The summed E-state index contributed by atoms with van der Waals surface area (Å²) in [7, 11) is 0. The second kappa shape index (κ2) is 15.6. The zero-order valence-electron chi connectivity index (χ0n) is 31.5. The van der Waals surface area contributed by atoms with Crippen molar-refractivity contribution < 1.29 is 28.8 Å². The molecule has 0 spiro atoms. The number of hydrogen-bond acceptors (Lipinski definition) is 7. The number of benzene rings is 6. The molecule has 272 valence electrons. The van der Waals surface area contributed by atoms with Gasteiger partial charge in [0.05, 0.1) is 0 Å². The highest BCUT2D eigenvalue weighted by molar-refractivity contribution is 6.04. The first-order chi connectivity index (χ1) is 26.2. The van der Waals surface area contributed by atoms with Crippen molar-refractivity contribution in [2.24, 2.45) is 0 Å². The smallest absolute Gasteiger partial charge is 0.159 e. The Morgan fingerprint density at radius 3 is 0.709 bits per heavy atom. The van der Waals surface area contributed by atoms with Crippen LogP contribution in [-0.2, 0) is 0 Å². The van der Waals surface area contributed by atoms with E-state index in [-0.39, 0.29) is 34.7 Å². The van der Waals surface area contributed by atoms with Crippen LogP contribution in [-0.4, -0.2) is 34.7 Å². The molecule has 0 N–H and O–H groups in total. The molecule has 0 aliphatic carbocycles. The third-order valence-corrected chi connectivity index (χ3v) is 9.55. The average Bonchev–Trinajstić information content (AvgIpc) is 3.17. The van der Waals surface area contributed by atoms with Crippen LogP contribution in [0.3, 0.4) is 0 Å². The minimum Gasteiger partial charge on any atom is -0.310 e. The number of Topliss-reactive ketones (excluding diaryl/α,β-unsaturated/α-hetero) is 6. The van der Waals surface area contributed by atoms with Crippen LogP contribution in [0.25, 0.3) is 33.4 Å². The van der Waals surface area contributed by atoms with Crippen LogP contribution in [0.15, 0.2) is 127 Å². The van der Waals surface area contributed by atoms with E-state index in [1.54, 1.807) is 54.6 Å². The molecule has 55 heavy (non-hydrogen) atoms. The summed E-state index contributed by atoms with van der Waals surface area (Å²) in [6.45, 7) is 8.82. The number of nitrogens with zero attached hydrogens (tertiary/aromatic N) is 1. The lowest BCUT2D eigenvalue weighted by Crippen LogP contribution is -2.10. The van der Waals surface area contributed by atoms with Gasteiger partial charge in [-0.3, -0.25) is 28.8 Å². The van der Waals surface area contributed by atoms with Crippen LogP contribution in [0.5, 0.6) is 0 Å². The lowest BCUT2D eigenvalue weighted by Gasteiger charge is -2.27. The van der Waals surface area contributed by atoms with Crippen molar-refractivity contribution in [3.05, 3.63) is 161 Å². The van der Waals surface area contributed by atoms with Gasteiger partial charge in [0.1, 0.15) is 0 Å². The van der Waals surface area contributed by atoms with Crippen LogP contribution in [0.4, 0.5) is 17.1 Å². The number of carbonyl (C=O) groups excluding carboxylic acids is 6. The molecule has 0 heterocycles. The van der Waals surface area contributed by atoms with E-state index in [4.69, 9.17) is 0 Å². The van der Waals surface area contributed by atoms with Crippen molar-refractivity contribution in [1.82, 2.24) is 0 Å². The second-order valence-corrected chi connectivity index (χ2v) is 13.7. The molecule has 6 aromatic carbocycles. The Kier molecular flexibility index (Phi) is 10.8. The molecule has 0 radical (unpaired) electrons. The fraction of sp³-hybridized carbons (Fsp3) is 0.125. The molecule has 0 aliphatic heterocycles. The van der Waals surface area contributed by atoms with E-state index in [0.29, 0.717) is 50.1 Å². The Hall–Kier alpha value is -6.86. The Morgan fingerprint density at radius 1 is 0.291 bits per heavy atom. The van der Waals surface area contributed by atoms with Crippen LogP contribution in [0.1, 0.15) is 104 Å². The topological polar surface area (TPSA) is 106 Å². The monoisotopic (exact) mass is 725 g/mol. The SMILES string of the molecule is CC(=O)c1cc(C(C)=O)cc(-c2cccc(N(c3cccc(-c4cc(C(C)=O)cc(C(C)=O)c4)c3)c3cccc(-c4cc(C(C)=O)cc(C(C)=O)c4)c3)c2)c1. The quantitative estimate of drug-likeness (QED) is 0.116. The Labute approximate surface area is 320 Å². The van der Waals surface area contributed by atoms with Gasteiger partial charge in [0.25, 0.3) is 0 Å². The first kappa shape index (κ1) is 37.9. The number of rotatable bonds is 12. The minimum absolute atomic E-state index is 0.153. The summed E-state index contributed by atoms with van der Waals surface area (Å²) in [5, 5.41) is 0. The summed E-state index contributed by atoms with van der Waals surface area (Å²) in [4.78, 5) is 77.0. The van der Waals surface area contributed by atoms with Gasteiger partial charge in [0.2, 0.25) is 0 Å². The maximum atomic E-state index is 12.5. The third kappa shape index (κ3) is 8.37. The zero-order valence-corrected chi connectivity index (χ0v) is 31.5. The molecule has 0 unspecified atom stereocenters. The van der Waals surface area contributed by atoms with E-state index < -0.39 is 0 Å². The van der Waals surface area contributed by atoms with E-state index >= 15 is 0 Å². The Balaban J connectivity index is 1.57. The van der Waals surface area contributed by atoms with Crippen LogP contribution in [0, 0.1) is 0 Å². The Bertz CT molecular complexity index is 2200. The maximum Gasteiger partial charge on any atom is 0.159 e. The van der Waals surface area contributed by atoms with Crippen molar-refractivity contribution in [2.75, 3.05) is 4.90 Å². The second-order valence-electron chi connectivity index (χ2n) is 13.7. The zero-order chi connectivity index (χ0) is 39.6. The maximum absolute atomic E-state index is 12.5. The van der Waals surface area contributed by atoms with Gasteiger partial charge in [-0.15, -0.1) is 0 Å².